The minimum Gasteiger partial charge on any atom is -0.315 e. The second-order valence-corrected chi connectivity index (χ2v) is 4.17. The van der Waals surface area contributed by atoms with Crippen LogP contribution in [-0.2, 0) is 10.9 Å². The summed E-state index contributed by atoms with van der Waals surface area (Å²) in [4.78, 5) is 0. The highest BCUT2D eigenvalue weighted by Crippen LogP contribution is 1.78. The Balaban J connectivity index is 2.68. The molecule has 0 aromatic rings. The van der Waals surface area contributed by atoms with E-state index in [9.17, 15) is 0 Å². The number of hydrogen-bond acceptors (Lipinski definition) is 1. The van der Waals surface area contributed by atoms with Gasteiger partial charge in [-0.3, -0.25) is 0 Å². The number of hydrogen-bond donors (Lipinski definition) is 1. The molecule has 0 saturated heterocycles. The van der Waals surface area contributed by atoms with E-state index in [1.165, 1.54) is 5.75 Å². The van der Waals surface area contributed by atoms with Gasteiger partial charge in [-0.25, -0.2) is 0 Å². The third-order valence-electron chi connectivity index (χ3n) is 0.760. The monoisotopic (exact) mass is 120 g/mol. The molecule has 0 spiro atoms. The molecule has 0 radical (unpaired) electrons. The molecule has 1 N–H and O–H groups in total. The van der Waals surface area contributed by atoms with Crippen LogP contribution in [0.15, 0.2) is 0 Å². The summed E-state index contributed by atoms with van der Waals surface area (Å²) >= 11 is 0. The van der Waals surface area contributed by atoms with Gasteiger partial charge in [0.2, 0.25) is 0 Å². The predicted molar refractivity (Wildman–Crippen MR) is 38.0 cm³/mol. The molecule has 0 amide bonds. The molecule has 2 heteroatoms. The van der Waals surface area contributed by atoms with Crippen molar-refractivity contribution in [1.82, 2.24) is 5.32 Å². The Morgan fingerprint density at radius 3 is 2.14 bits per heavy atom. The first-order valence-corrected chi connectivity index (χ1v) is 4.67. The smallest absolute Gasteiger partial charge is 0.120 e. The summed E-state index contributed by atoms with van der Waals surface area (Å²) < 4.78 is 0. The molecule has 0 aromatic carbocycles. The third kappa shape index (κ3) is 6.31. The maximum absolute atomic E-state index is 3.11. The number of nitrogens with one attached hydrogen (secondary N) is 1. The zero-order chi connectivity index (χ0) is 5.70. The van der Waals surface area contributed by atoms with Gasteiger partial charge in [0, 0.05) is 6.54 Å². The van der Waals surface area contributed by atoms with Crippen LogP contribution in [-0.4, -0.2) is 31.9 Å². The Kier molecular flexibility index (Phi) is 4.67. The van der Waals surface area contributed by atoms with Gasteiger partial charge >= 0.3 is 0 Å². The van der Waals surface area contributed by atoms with Crippen LogP contribution in [0.3, 0.4) is 0 Å². The van der Waals surface area contributed by atoms with Crippen LogP contribution in [0.2, 0.25) is 0 Å². The first-order chi connectivity index (χ1) is 3.27. The lowest BCUT2D eigenvalue weighted by molar-refractivity contribution is 0.870. The largest absolute Gasteiger partial charge is 0.315 e. The summed E-state index contributed by atoms with van der Waals surface area (Å²) in [7, 11) is 2.61. The Hall–Kier alpha value is 0.310. The maximum Gasteiger partial charge on any atom is 0.120 e. The Morgan fingerprint density at radius 1 is 1.43 bits per heavy atom. The van der Waals surface area contributed by atoms with Crippen LogP contribution < -0.4 is 5.32 Å². The lowest BCUT2D eigenvalue weighted by atomic mass is 10.8. The van der Waals surface area contributed by atoms with Crippen LogP contribution >= 0.6 is 0 Å². The second kappa shape index (κ2) is 4.47. The molecule has 1 nitrogen and oxygen atoms in total. The fourth-order valence-electron chi connectivity index (χ4n) is 0.306. The first-order valence-electron chi connectivity index (χ1n) is 2.46. The Bertz CT molecular complexity index is 37.1. The maximum atomic E-state index is 3.11. The molecule has 0 aliphatic heterocycles. The van der Waals surface area contributed by atoms with Crippen LogP contribution in [0.25, 0.3) is 0 Å². The van der Waals surface area contributed by atoms with E-state index in [-0.39, 0.29) is 0 Å². The minimum absolute atomic E-state index is 0.622. The molecule has 0 atom stereocenters. The lowest BCUT2D eigenvalue weighted by Crippen LogP contribution is -2.17. The van der Waals surface area contributed by atoms with Crippen molar-refractivity contribution in [2.24, 2.45) is 0 Å². The van der Waals surface area contributed by atoms with Gasteiger partial charge in [0.05, 0.1) is 12.5 Å². The van der Waals surface area contributed by atoms with Gasteiger partial charge < -0.3 is 5.32 Å². The Morgan fingerprint density at radius 2 is 2.00 bits per heavy atom. The van der Waals surface area contributed by atoms with Gasteiger partial charge in [0.1, 0.15) is 5.75 Å². The third-order valence-corrected chi connectivity index (χ3v) is 1.78. The van der Waals surface area contributed by atoms with E-state index < -0.39 is 0 Å². The normalized spacial score (nSPS) is 10.3. The molecule has 0 aliphatic carbocycles. The van der Waals surface area contributed by atoms with E-state index in [2.05, 4.69) is 17.8 Å². The van der Waals surface area contributed by atoms with Crippen molar-refractivity contribution in [2.45, 2.75) is 0 Å². The second-order valence-electron chi connectivity index (χ2n) is 1.79. The number of rotatable bonds is 3. The van der Waals surface area contributed by atoms with Gasteiger partial charge in [0.25, 0.3) is 0 Å². The summed E-state index contributed by atoms with van der Waals surface area (Å²) in [5.41, 5.74) is 0. The molecule has 0 unspecified atom stereocenters. The lowest BCUT2D eigenvalue weighted by Gasteiger charge is -1.92. The Labute approximate surface area is 48.8 Å². The summed E-state index contributed by atoms with van der Waals surface area (Å²) in [6, 6.07) is 0. The van der Waals surface area contributed by atoms with E-state index in [0.717, 1.165) is 6.54 Å². The topological polar surface area (TPSA) is 12.0 Å². The quantitative estimate of drug-likeness (QED) is 0.520. The molecule has 0 aromatic heterocycles. The summed E-state index contributed by atoms with van der Waals surface area (Å²) in [5, 5.41) is 3.11. The van der Waals surface area contributed by atoms with E-state index in [0.29, 0.717) is 10.9 Å². The van der Waals surface area contributed by atoms with E-state index >= 15 is 0 Å². The molecule has 7 heavy (non-hydrogen) atoms. The van der Waals surface area contributed by atoms with Crippen LogP contribution in [0.5, 0.6) is 0 Å². The molecular formula is C5H14NS+. The fraction of sp³-hybridized carbons (Fsp3) is 1.00. The van der Waals surface area contributed by atoms with Crippen LogP contribution in [0.4, 0.5) is 0 Å². The summed E-state index contributed by atoms with van der Waals surface area (Å²) in [6.45, 7) is 1.16. The highest BCUT2D eigenvalue weighted by molar-refractivity contribution is 7.95. The van der Waals surface area contributed by atoms with Crippen molar-refractivity contribution in [3.63, 3.8) is 0 Å². The molecular weight excluding hydrogens is 106 g/mol. The van der Waals surface area contributed by atoms with E-state index in [1.54, 1.807) is 0 Å². The van der Waals surface area contributed by atoms with Crippen LogP contribution in [0, 0.1) is 0 Å². The van der Waals surface area contributed by atoms with Gasteiger partial charge in [-0.05, 0) is 17.9 Å². The zero-order valence-electron chi connectivity index (χ0n) is 5.32. The summed E-state index contributed by atoms with van der Waals surface area (Å²) in [6.07, 6.45) is 4.52. The molecule has 0 fully saturated rings. The molecule has 0 bridgehead atoms. The highest BCUT2D eigenvalue weighted by Gasteiger charge is 1.96. The van der Waals surface area contributed by atoms with Crippen molar-refractivity contribution in [3.8, 4) is 0 Å². The van der Waals surface area contributed by atoms with Crippen molar-refractivity contribution in [3.05, 3.63) is 0 Å². The molecule has 44 valence electrons. The average molecular weight is 120 g/mol. The molecule has 0 saturated carbocycles. The van der Waals surface area contributed by atoms with Gasteiger partial charge in [0.15, 0.2) is 0 Å². The zero-order valence-corrected chi connectivity index (χ0v) is 6.14. The van der Waals surface area contributed by atoms with Crippen molar-refractivity contribution < 1.29 is 0 Å². The SMILES string of the molecule is CNCC[S+](C)C. The molecule has 0 rings (SSSR count). The first kappa shape index (κ1) is 7.31. The molecule has 0 aliphatic rings. The van der Waals surface area contributed by atoms with Crippen molar-refractivity contribution >= 4 is 10.9 Å². The predicted octanol–water partition coefficient (Wildman–Crippen LogP) is 0.0837. The minimum atomic E-state index is 0.622. The average Bonchev–Trinajstić information content (AvgIpc) is 1.61. The van der Waals surface area contributed by atoms with Crippen molar-refractivity contribution in [2.75, 3.05) is 31.9 Å². The van der Waals surface area contributed by atoms with Gasteiger partial charge in [-0.1, -0.05) is 0 Å². The fourth-order valence-corrected chi connectivity index (χ4v) is 0.919. The van der Waals surface area contributed by atoms with Gasteiger partial charge in [-0.2, -0.15) is 0 Å². The molecule has 0 heterocycles. The standard InChI is InChI=1S/C5H14NS/c1-6-4-5-7(2)3/h6H,4-5H2,1-3H3/q+1. The highest BCUT2D eigenvalue weighted by atomic mass is 32.2. The van der Waals surface area contributed by atoms with Gasteiger partial charge in [-0.15, -0.1) is 0 Å². The van der Waals surface area contributed by atoms with E-state index in [1.807, 2.05) is 7.05 Å². The van der Waals surface area contributed by atoms with Crippen LogP contribution in [0.1, 0.15) is 0 Å². The summed E-state index contributed by atoms with van der Waals surface area (Å²) in [5.74, 6) is 1.32. The van der Waals surface area contributed by atoms with Crippen molar-refractivity contribution in [1.29, 1.82) is 0 Å². The van der Waals surface area contributed by atoms with E-state index in [4.69, 9.17) is 0 Å².